The number of non-ortho nitro benzene ring substituents is 1. The molecule has 3 N–H and O–H groups in total. The Morgan fingerprint density at radius 1 is 1.40 bits per heavy atom. The van der Waals surface area contributed by atoms with Gasteiger partial charge >= 0.3 is 0 Å². The number of amides is 2. The number of likely N-dealkylation sites (N-methyl/N-ethyl adjacent to an activating group) is 1. The molecule has 0 bridgehead atoms. The van der Waals surface area contributed by atoms with E-state index in [4.69, 9.17) is 4.74 Å². The number of methoxy groups -OCH3 is 1. The second-order valence-corrected chi connectivity index (χ2v) is 5.73. The number of ether oxygens (including phenoxy) is 1. The zero-order chi connectivity index (χ0) is 19.0. The Balaban J connectivity index is 2.74. The van der Waals surface area contributed by atoms with E-state index in [1.807, 2.05) is 6.92 Å². The summed E-state index contributed by atoms with van der Waals surface area (Å²) < 4.78 is 5.10. The lowest BCUT2D eigenvalue weighted by molar-refractivity contribution is -0.885. The van der Waals surface area contributed by atoms with Gasteiger partial charge in [0.25, 0.3) is 17.5 Å². The number of anilines is 1. The Morgan fingerprint density at radius 2 is 2.08 bits per heavy atom. The molecule has 25 heavy (non-hydrogen) atoms. The quantitative estimate of drug-likeness (QED) is 0.426. The Labute approximate surface area is 146 Å². The molecule has 1 rings (SSSR count). The van der Waals surface area contributed by atoms with Crippen molar-refractivity contribution in [3.63, 3.8) is 0 Å². The number of hydrogen-bond donors (Lipinski definition) is 3. The van der Waals surface area contributed by atoms with Crippen LogP contribution in [0.2, 0.25) is 0 Å². The molecule has 0 aliphatic carbocycles. The topological polar surface area (TPSA) is 115 Å². The lowest BCUT2D eigenvalue weighted by Gasteiger charge is -2.21. The third kappa shape index (κ3) is 6.03. The molecule has 0 saturated heterocycles. The van der Waals surface area contributed by atoms with Gasteiger partial charge in [-0.3, -0.25) is 19.7 Å². The minimum absolute atomic E-state index is 0.119. The Hall–Kier alpha value is -2.68. The number of nitro groups is 1. The summed E-state index contributed by atoms with van der Waals surface area (Å²) in [5.74, 6) is -0.229. The molecule has 0 radical (unpaired) electrons. The van der Waals surface area contributed by atoms with Crippen LogP contribution < -0.4 is 20.3 Å². The summed E-state index contributed by atoms with van der Waals surface area (Å²) in [5.41, 5.74) is 0.214. The van der Waals surface area contributed by atoms with Gasteiger partial charge in [0.2, 0.25) is 0 Å². The van der Waals surface area contributed by atoms with Gasteiger partial charge in [0, 0.05) is 12.6 Å². The third-order valence-corrected chi connectivity index (χ3v) is 3.80. The molecular formula is C16H25N4O5+. The van der Waals surface area contributed by atoms with Crippen LogP contribution >= 0.6 is 0 Å². The van der Waals surface area contributed by atoms with Crippen molar-refractivity contribution in [3.8, 4) is 5.75 Å². The number of carbonyl (C=O) groups is 2. The number of nitrogens with one attached hydrogen (secondary N) is 3. The molecule has 0 saturated carbocycles. The van der Waals surface area contributed by atoms with Gasteiger partial charge in [-0.1, -0.05) is 6.92 Å². The van der Waals surface area contributed by atoms with Crippen molar-refractivity contribution in [2.75, 3.05) is 32.6 Å². The highest BCUT2D eigenvalue weighted by Crippen LogP contribution is 2.28. The normalized spacial score (nSPS) is 12.8. The first kappa shape index (κ1) is 20.4. The van der Waals surface area contributed by atoms with Crippen LogP contribution in [0, 0.1) is 10.1 Å². The number of quaternary nitrogens is 1. The smallest absolute Gasteiger partial charge is 0.282 e. The maximum absolute atomic E-state index is 12.4. The molecular weight excluding hydrogens is 328 g/mol. The first-order valence-corrected chi connectivity index (χ1v) is 8.02. The van der Waals surface area contributed by atoms with Gasteiger partial charge < -0.3 is 20.3 Å². The van der Waals surface area contributed by atoms with Crippen LogP contribution in [0.25, 0.3) is 0 Å². The van der Waals surface area contributed by atoms with Crippen molar-refractivity contribution < 1.29 is 24.1 Å². The fraction of sp³-hybridized carbons (Fsp3) is 0.500. The fourth-order valence-corrected chi connectivity index (χ4v) is 2.09. The van der Waals surface area contributed by atoms with E-state index in [2.05, 4.69) is 10.6 Å². The maximum Gasteiger partial charge on any atom is 0.282 e. The Morgan fingerprint density at radius 3 is 2.64 bits per heavy atom. The average Bonchev–Trinajstić information content (AvgIpc) is 2.59. The third-order valence-electron chi connectivity index (χ3n) is 3.80. The van der Waals surface area contributed by atoms with E-state index in [0.29, 0.717) is 12.2 Å². The molecule has 2 amide bonds. The molecule has 138 valence electrons. The van der Waals surface area contributed by atoms with Crippen LogP contribution in [0.3, 0.4) is 0 Å². The van der Waals surface area contributed by atoms with E-state index in [-0.39, 0.29) is 29.8 Å². The van der Waals surface area contributed by atoms with Gasteiger partial charge in [-0.15, -0.1) is 0 Å². The van der Waals surface area contributed by atoms with Crippen molar-refractivity contribution in [1.29, 1.82) is 0 Å². The summed E-state index contributed by atoms with van der Waals surface area (Å²) in [6.07, 6.45) is 0.848. The lowest BCUT2D eigenvalue weighted by Crippen LogP contribution is -3.15. The van der Waals surface area contributed by atoms with E-state index in [1.54, 1.807) is 14.0 Å². The molecule has 1 aromatic carbocycles. The molecule has 1 unspecified atom stereocenters. The number of nitrogens with zero attached hydrogens (tertiary/aromatic N) is 1. The van der Waals surface area contributed by atoms with Gasteiger partial charge in [-0.2, -0.15) is 0 Å². The number of carbonyl (C=O) groups excluding carboxylic acids is 2. The lowest BCUT2D eigenvalue weighted by atomic mass is 10.2. The van der Waals surface area contributed by atoms with Crippen LogP contribution in [0.1, 0.15) is 20.3 Å². The van der Waals surface area contributed by atoms with Crippen LogP contribution in [0.15, 0.2) is 18.2 Å². The summed E-state index contributed by atoms with van der Waals surface area (Å²) in [5, 5.41) is 16.3. The van der Waals surface area contributed by atoms with Gasteiger partial charge in [0.15, 0.2) is 12.6 Å². The highest BCUT2D eigenvalue weighted by Gasteiger charge is 2.25. The van der Waals surface area contributed by atoms with Crippen molar-refractivity contribution in [2.24, 2.45) is 0 Å². The van der Waals surface area contributed by atoms with Crippen LogP contribution in [0.4, 0.5) is 11.4 Å². The predicted octanol–water partition coefficient (Wildman–Crippen LogP) is -0.0287. The highest BCUT2D eigenvalue weighted by atomic mass is 16.6. The van der Waals surface area contributed by atoms with Gasteiger partial charge in [0.05, 0.1) is 30.8 Å². The largest absolute Gasteiger partial charge is 0.494 e. The standard InChI is InChI=1S/C16H24N4O5/c1-5-8-17-15(21)10-19(3)11(2)16(22)18-13-7-6-12(20(23)24)9-14(13)25-4/h6-7,9,11H,5,8,10H2,1-4H3,(H,17,21)(H,18,22)/p+1/t11-/m1/s1. The average molecular weight is 353 g/mol. The number of rotatable bonds is 9. The molecule has 0 fully saturated rings. The Bertz CT molecular complexity index is 635. The van der Waals surface area contributed by atoms with Gasteiger partial charge in [-0.25, -0.2) is 0 Å². The van der Waals surface area contributed by atoms with Crippen LogP contribution in [-0.4, -0.2) is 50.0 Å². The zero-order valence-electron chi connectivity index (χ0n) is 14.9. The molecule has 1 aromatic rings. The first-order valence-electron chi connectivity index (χ1n) is 8.02. The summed E-state index contributed by atoms with van der Waals surface area (Å²) in [4.78, 5) is 35.1. The monoisotopic (exact) mass is 353 g/mol. The number of benzene rings is 1. The van der Waals surface area contributed by atoms with Crippen molar-refractivity contribution in [1.82, 2.24) is 5.32 Å². The van der Waals surface area contributed by atoms with Crippen LogP contribution in [0.5, 0.6) is 5.75 Å². The number of nitro benzene ring substituents is 1. The van der Waals surface area contributed by atoms with E-state index in [0.717, 1.165) is 11.3 Å². The Kier molecular flexibility index (Phi) is 7.80. The molecule has 2 atom stereocenters. The molecule has 0 spiro atoms. The predicted molar refractivity (Wildman–Crippen MR) is 92.8 cm³/mol. The molecule has 0 aromatic heterocycles. The van der Waals surface area contributed by atoms with E-state index in [9.17, 15) is 19.7 Å². The first-order chi connectivity index (χ1) is 11.8. The zero-order valence-corrected chi connectivity index (χ0v) is 14.9. The fourth-order valence-electron chi connectivity index (χ4n) is 2.09. The molecule has 0 aliphatic heterocycles. The van der Waals surface area contributed by atoms with Crippen LogP contribution in [-0.2, 0) is 9.59 Å². The van der Waals surface area contributed by atoms with Gasteiger partial charge in [-0.05, 0) is 19.4 Å². The van der Waals surface area contributed by atoms with Crippen molar-refractivity contribution >= 4 is 23.2 Å². The molecule has 0 aliphatic rings. The van der Waals surface area contributed by atoms with E-state index in [1.165, 1.54) is 25.3 Å². The summed E-state index contributed by atoms with van der Waals surface area (Å²) >= 11 is 0. The van der Waals surface area contributed by atoms with E-state index < -0.39 is 11.0 Å². The maximum atomic E-state index is 12.4. The van der Waals surface area contributed by atoms with E-state index >= 15 is 0 Å². The minimum atomic E-state index is -0.538. The summed E-state index contributed by atoms with van der Waals surface area (Å²) in [6, 6.07) is 3.46. The number of hydrogen-bond acceptors (Lipinski definition) is 5. The second-order valence-electron chi connectivity index (χ2n) is 5.73. The highest BCUT2D eigenvalue weighted by molar-refractivity contribution is 5.95. The van der Waals surface area contributed by atoms with Crippen molar-refractivity contribution in [2.45, 2.75) is 26.3 Å². The minimum Gasteiger partial charge on any atom is -0.494 e. The summed E-state index contributed by atoms with van der Waals surface area (Å²) in [7, 11) is 3.12. The molecule has 9 heteroatoms. The second kappa shape index (κ2) is 9.58. The van der Waals surface area contributed by atoms with Crippen molar-refractivity contribution in [3.05, 3.63) is 28.3 Å². The SMILES string of the molecule is CCCNC(=O)C[NH+](C)[C@H](C)C(=O)Nc1ccc([N+](=O)[O-])cc1OC. The molecule has 9 nitrogen and oxygen atoms in total. The molecule has 0 heterocycles. The summed E-state index contributed by atoms with van der Waals surface area (Å²) in [6.45, 7) is 4.44. The van der Waals surface area contributed by atoms with Gasteiger partial charge in [0.1, 0.15) is 5.75 Å².